The zero-order valence-corrected chi connectivity index (χ0v) is 13.1. The summed E-state index contributed by atoms with van der Waals surface area (Å²) in [5.74, 6) is 0.588. The predicted octanol–water partition coefficient (Wildman–Crippen LogP) is 2.94. The number of carbonyl (C=O) groups excluding carboxylic acids is 1. The fourth-order valence-electron chi connectivity index (χ4n) is 2.69. The molecule has 0 bridgehead atoms. The number of aromatic nitrogens is 1. The second kappa shape index (κ2) is 5.33. The fourth-order valence-corrected chi connectivity index (χ4v) is 2.91. The standard InChI is InChI=1S/C14H18BrN3O2/c1-10-11(15)3-4-12(16-10)17-13(19)18-7-8-20-14(9-18)5-2-6-14/h3-4H,2,5-9H2,1H3,(H,16,17,19). The summed E-state index contributed by atoms with van der Waals surface area (Å²) < 4.78 is 6.76. The van der Waals surface area contributed by atoms with Gasteiger partial charge >= 0.3 is 6.03 Å². The van der Waals surface area contributed by atoms with Crippen LogP contribution in [0.4, 0.5) is 10.6 Å². The van der Waals surface area contributed by atoms with Gasteiger partial charge < -0.3 is 9.64 Å². The molecule has 2 aliphatic rings. The molecule has 1 saturated heterocycles. The van der Waals surface area contributed by atoms with Crippen LogP contribution in [0, 0.1) is 6.92 Å². The highest BCUT2D eigenvalue weighted by Gasteiger charge is 2.43. The highest BCUT2D eigenvalue weighted by Crippen LogP contribution is 2.38. The highest BCUT2D eigenvalue weighted by molar-refractivity contribution is 9.10. The van der Waals surface area contributed by atoms with Crippen LogP contribution in [0.2, 0.25) is 0 Å². The number of aryl methyl sites for hydroxylation is 1. The van der Waals surface area contributed by atoms with Gasteiger partial charge in [0.15, 0.2) is 0 Å². The highest BCUT2D eigenvalue weighted by atomic mass is 79.9. The van der Waals surface area contributed by atoms with E-state index in [0.717, 1.165) is 23.0 Å². The maximum Gasteiger partial charge on any atom is 0.323 e. The molecule has 1 aliphatic carbocycles. The number of morpholine rings is 1. The summed E-state index contributed by atoms with van der Waals surface area (Å²) in [7, 11) is 0. The molecule has 0 atom stereocenters. The Labute approximate surface area is 126 Å². The first-order valence-corrected chi connectivity index (χ1v) is 7.70. The van der Waals surface area contributed by atoms with Crippen molar-refractivity contribution in [3.63, 3.8) is 0 Å². The Bertz CT molecular complexity index is 531. The Morgan fingerprint density at radius 3 is 2.95 bits per heavy atom. The monoisotopic (exact) mass is 339 g/mol. The molecule has 1 aromatic heterocycles. The summed E-state index contributed by atoms with van der Waals surface area (Å²) in [6, 6.07) is 3.60. The molecule has 5 nitrogen and oxygen atoms in total. The lowest BCUT2D eigenvalue weighted by atomic mass is 9.79. The normalized spacial score (nSPS) is 20.6. The SMILES string of the molecule is Cc1nc(NC(=O)N2CCOC3(CCC3)C2)ccc1Br. The first-order valence-electron chi connectivity index (χ1n) is 6.91. The van der Waals surface area contributed by atoms with Crippen LogP contribution in [0.1, 0.15) is 25.0 Å². The van der Waals surface area contributed by atoms with Crippen molar-refractivity contribution in [3.8, 4) is 0 Å². The average molecular weight is 340 g/mol. The van der Waals surface area contributed by atoms with Crippen molar-refractivity contribution >= 4 is 27.8 Å². The summed E-state index contributed by atoms with van der Waals surface area (Å²) in [6.07, 6.45) is 3.32. The van der Waals surface area contributed by atoms with E-state index in [1.54, 1.807) is 6.07 Å². The van der Waals surface area contributed by atoms with E-state index in [2.05, 4.69) is 26.2 Å². The molecule has 3 rings (SSSR count). The van der Waals surface area contributed by atoms with E-state index < -0.39 is 0 Å². The number of halogens is 1. The van der Waals surface area contributed by atoms with E-state index in [4.69, 9.17) is 4.74 Å². The summed E-state index contributed by atoms with van der Waals surface area (Å²) in [5.41, 5.74) is 0.791. The minimum Gasteiger partial charge on any atom is -0.371 e. The number of hydrogen-bond acceptors (Lipinski definition) is 3. The van der Waals surface area contributed by atoms with Gasteiger partial charge in [-0.15, -0.1) is 0 Å². The van der Waals surface area contributed by atoms with E-state index in [0.29, 0.717) is 25.5 Å². The third-order valence-electron chi connectivity index (χ3n) is 4.06. The first kappa shape index (κ1) is 13.8. The molecule has 2 heterocycles. The van der Waals surface area contributed by atoms with Crippen molar-refractivity contribution in [3.05, 3.63) is 22.3 Å². The van der Waals surface area contributed by atoms with Gasteiger partial charge in [0, 0.05) is 11.0 Å². The third kappa shape index (κ3) is 2.67. The third-order valence-corrected chi connectivity index (χ3v) is 4.89. The maximum absolute atomic E-state index is 12.3. The van der Waals surface area contributed by atoms with E-state index >= 15 is 0 Å². The van der Waals surface area contributed by atoms with E-state index in [1.807, 2.05) is 17.9 Å². The van der Waals surface area contributed by atoms with Crippen LogP contribution in [0.3, 0.4) is 0 Å². The minimum atomic E-state index is -0.0891. The molecule has 20 heavy (non-hydrogen) atoms. The molecule has 6 heteroatoms. The smallest absolute Gasteiger partial charge is 0.323 e. The van der Waals surface area contributed by atoms with E-state index in [1.165, 1.54) is 6.42 Å². The lowest BCUT2D eigenvalue weighted by Gasteiger charge is -2.48. The second-order valence-electron chi connectivity index (χ2n) is 5.50. The lowest BCUT2D eigenvalue weighted by molar-refractivity contribution is -0.140. The molecule has 0 unspecified atom stereocenters. The summed E-state index contributed by atoms with van der Waals surface area (Å²) >= 11 is 3.40. The van der Waals surface area contributed by atoms with Crippen molar-refractivity contribution in [2.45, 2.75) is 31.8 Å². The quantitative estimate of drug-likeness (QED) is 0.855. The van der Waals surface area contributed by atoms with Gasteiger partial charge in [-0.1, -0.05) is 0 Å². The molecule has 2 amide bonds. The van der Waals surface area contributed by atoms with Gasteiger partial charge in [-0.2, -0.15) is 0 Å². The van der Waals surface area contributed by atoms with Gasteiger partial charge in [-0.05, 0) is 54.2 Å². The summed E-state index contributed by atoms with van der Waals surface area (Å²) in [6.45, 7) is 3.86. The Balaban J connectivity index is 1.65. The maximum atomic E-state index is 12.3. The zero-order chi connectivity index (χ0) is 14.2. The molecule has 2 fully saturated rings. The number of hydrogen-bond donors (Lipinski definition) is 1. The summed E-state index contributed by atoms with van der Waals surface area (Å²) in [4.78, 5) is 18.5. The van der Waals surface area contributed by atoms with Crippen LogP contribution in [0.15, 0.2) is 16.6 Å². The Hall–Kier alpha value is -1.14. The van der Waals surface area contributed by atoms with Gasteiger partial charge in [-0.3, -0.25) is 5.32 Å². The number of amides is 2. The molecule has 1 aliphatic heterocycles. The van der Waals surface area contributed by atoms with Crippen molar-refractivity contribution in [2.24, 2.45) is 0 Å². The van der Waals surface area contributed by atoms with Gasteiger partial charge in [-0.25, -0.2) is 9.78 Å². The second-order valence-corrected chi connectivity index (χ2v) is 6.35. The lowest BCUT2D eigenvalue weighted by Crippen LogP contribution is -2.57. The van der Waals surface area contributed by atoms with Crippen LogP contribution >= 0.6 is 15.9 Å². The van der Waals surface area contributed by atoms with Crippen LogP contribution < -0.4 is 5.32 Å². The first-order chi connectivity index (χ1) is 9.58. The minimum absolute atomic E-state index is 0.0708. The number of nitrogens with zero attached hydrogens (tertiary/aromatic N) is 2. The Morgan fingerprint density at radius 2 is 2.30 bits per heavy atom. The van der Waals surface area contributed by atoms with Crippen LogP contribution in [-0.4, -0.2) is 41.2 Å². The van der Waals surface area contributed by atoms with Gasteiger partial charge in [0.05, 0.1) is 24.4 Å². The van der Waals surface area contributed by atoms with Gasteiger partial charge in [0.2, 0.25) is 0 Å². The molecule has 0 radical (unpaired) electrons. The number of nitrogens with one attached hydrogen (secondary N) is 1. The van der Waals surface area contributed by atoms with E-state index in [-0.39, 0.29) is 11.6 Å². The molecule has 1 aromatic rings. The largest absolute Gasteiger partial charge is 0.371 e. The number of urea groups is 1. The topological polar surface area (TPSA) is 54.5 Å². The van der Waals surface area contributed by atoms with Gasteiger partial charge in [0.1, 0.15) is 5.82 Å². The number of pyridine rings is 1. The molecule has 1 N–H and O–H groups in total. The average Bonchev–Trinajstić information content (AvgIpc) is 2.41. The van der Waals surface area contributed by atoms with Crippen LogP contribution in [0.5, 0.6) is 0 Å². The Kier molecular flexibility index (Phi) is 3.69. The zero-order valence-electron chi connectivity index (χ0n) is 11.5. The van der Waals surface area contributed by atoms with Crippen molar-refractivity contribution in [2.75, 3.05) is 25.0 Å². The van der Waals surface area contributed by atoms with Crippen LogP contribution in [-0.2, 0) is 4.74 Å². The number of anilines is 1. The fraction of sp³-hybridized carbons (Fsp3) is 0.571. The predicted molar refractivity (Wildman–Crippen MR) is 79.8 cm³/mol. The van der Waals surface area contributed by atoms with Crippen molar-refractivity contribution in [1.29, 1.82) is 0 Å². The molecule has 1 spiro atoms. The molecule has 0 aromatic carbocycles. The number of carbonyl (C=O) groups is 1. The summed E-state index contributed by atoms with van der Waals surface area (Å²) in [5, 5.41) is 2.87. The molecule has 108 valence electrons. The number of rotatable bonds is 1. The van der Waals surface area contributed by atoms with Gasteiger partial charge in [0.25, 0.3) is 0 Å². The van der Waals surface area contributed by atoms with Crippen molar-refractivity contribution < 1.29 is 9.53 Å². The molecular formula is C14H18BrN3O2. The van der Waals surface area contributed by atoms with Crippen LogP contribution in [0.25, 0.3) is 0 Å². The van der Waals surface area contributed by atoms with Crippen molar-refractivity contribution in [1.82, 2.24) is 9.88 Å². The molecular weight excluding hydrogens is 322 g/mol. The number of ether oxygens (including phenoxy) is 1. The molecule has 1 saturated carbocycles. The van der Waals surface area contributed by atoms with E-state index in [9.17, 15) is 4.79 Å². The Morgan fingerprint density at radius 1 is 1.50 bits per heavy atom.